The van der Waals surface area contributed by atoms with E-state index in [9.17, 15) is 136 Å². The van der Waals surface area contributed by atoms with Gasteiger partial charge in [-0.25, -0.2) is 9.59 Å². The molecule has 6 saturated heterocycles. The first-order chi connectivity index (χ1) is 63.6. The highest BCUT2D eigenvalue weighted by Gasteiger charge is 2.64. The van der Waals surface area contributed by atoms with Gasteiger partial charge >= 0.3 is 11.9 Å². The van der Waals surface area contributed by atoms with Crippen molar-refractivity contribution in [3.05, 3.63) is 24.3 Å². The first kappa shape index (κ1) is 117. The van der Waals surface area contributed by atoms with Gasteiger partial charge in [0.15, 0.2) is 25.2 Å². The van der Waals surface area contributed by atoms with E-state index in [0.717, 1.165) is 104 Å². The molecule has 0 aromatic carbocycles. The second-order valence-corrected chi connectivity index (χ2v) is 36.3. The van der Waals surface area contributed by atoms with E-state index in [4.69, 9.17) is 56.8 Å². The summed E-state index contributed by atoms with van der Waals surface area (Å²) in [4.78, 5) is 79.9. The van der Waals surface area contributed by atoms with Crippen LogP contribution in [0.4, 0.5) is 0 Å². The molecule has 6 rings (SSSR count). The van der Waals surface area contributed by atoms with Crippen LogP contribution in [0.5, 0.6) is 0 Å². The fraction of sp³-hybridized carbons (Fsp3) is 0.890. The van der Waals surface area contributed by atoms with Crippen LogP contribution in [0.3, 0.4) is 0 Å². The van der Waals surface area contributed by atoms with Gasteiger partial charge in [0, 0.05) is 45.4 Å². The summed E-state index contributed by atoms with van der Waals surface area (Å²) in [5.74, 6) is -16.1. The van der Waals surface area contributed by atoms with Gasteiger partial charge in [0.25, 0.3) is 11.6 Å². The quantitative estimate of drug-likeness (QED) is 0.0265. The predicted molar refractivity (Wildman–Crippen MR) is 469 cm³/mol. The molecule has 0 aromatic rings. The maximum Gasteiger partial charge on any atom is 0.364 e. The van der Waals surface area contributed by atoms with E-state index >= 15 is 0 Å². The third-order valence-corrected chi connectivity index (χ3v) is 25.5. The molecule has 0 radical (unpaired) electrons. The van der Waals surface area contributed by atoms with Crippen LogP contribution in [0.2, 0.25) is 0 Å². The Morgan fingerprint density at radius 1 is 0.414 bits per heavy atom. The summed E-state index contributed by atoms with van der Waals surface area (Å²) < 4.78 is 72.8. The molecule has 6 fully saturated rings. The molecule has 24 N–H and O–H groups in total. The van der Waals surface area contributed by atoms with Crippen molar-refractivity contribution in [2.45, 2.75) is 461 Å². The molecule has 133 heavy (non-hydrogen) atoms. The number of hydrogen-bond acceptors (Lipinski definition) is 37. The second-order valence-electron chi connectivity index (χ2n) is 36.3. The van der Waals surface area contributed by atoms with E-state index in [2.05, 4.69) is 41.9 Å². The van der Waals surface area contributed by atoms with E-state index in [1.807, 2.05) is 0 Å². The monoisotopic (exact) mass is 1920 g/mol. The van der Waals surface area contributed by atoms with Gasteiger partial charge in [-0.3, -0.25) is 14.4 Å². The number of allylic oxidation sites excluding steroid dienone is 3. The number of aliphatic hydroxyl groups excluding tert-OH is 19. The topological polar surface area (TPSA) is 674 Å². The number of ketones is 1. The van der Waals surface area contributed by atoms with E-state index in [1.165, 1.54) is 109 Å². The fourth-order valence-corrected chi connectivity index (χ4v) is 17.9. The van der Waals surface area contributed by atoms with Gasteiger partial charge in [-0.2, -0.15) is 0 Å². The number of aliphatic carboxylic acids is 2. The molecule has 0 spiro atoms. The number of carbonyl (C=O) groups is 6. The van der Waals surface area contributed by atoms with Crippen molar-refractivity contribution in [3.8, 4) is 0 Å². The Bertz CT molecular complexity index is 3360. The Balaban J connectivity index is 1.26. The van der Waals surface area contributed by atoms with Crippen molar-refractivity contribution in [2.75, 3.05) is 46.2 Å². The van der Waals surface area contributed by atoms with Gasteiger partial charge in [0.1, 0.15) is 128 Å². The molecule has 42 heteroatoms. The molecular weight excluding hydrogens is 1760 g/mol. The number of carboxylic acids is 2. The highest BCUT2D eigenvalue weighted by molar-refractivity contribution is 5.78. The zero-order chi connectivity index (χ0) is 98.1. The maximum atomic E-state index is 14.1. The summed E-state index contributed by atoms with van der Waals surface area (Å²) in [7, 11) is 0. The molecule has 0 saturated carbocycles. The largest absolute Gasteiger partial charge is 0.477 e. The van der Waals surface area contributed by atoms with Crippen molar-refractivity contribution < 1.29 is 193 Å². The molecule has 0 aromatic heterocycles. The van der Waals surface area contributed by atoms with Crippen LogP contribution in [0, 0.1) is 5.92 Å². The third-order valence-electron chi connectivity index (χ3n) is 25.5. The molecule has 6 aliphatic heterocycles. The van der Waals surface area contributed by atoms with Crippen LogP contribution >= 0.6 is 0 Å². The number of carboxylic acid groups (broad SMARTS) is 2. The maximum absolute atomic E-state index is 14.1. The predicted octanol–water partition coefficient (Wildman–Crippen LogP) is -0.661. The lowest BCUT2D eigenvalue weighted by Crippen LogP contribution is -2.71. The van der Waals surface area contributed by atoms with Gasteiger partial charge in [-0.1, -0.05) is 192 Å². The Hall–Kier alpha value is -4.74. The van der Waals surface area contributed by atoms with Crippen LogP contribution < -0.4 is 16.0 Å². The third kappa shape index (κ3) is 35.8. The van der Waals surface area contributed by atoms with E-state index in [-0.39, 0.29) is 6.42 Å². The van der Waals surface area contributed by atoms with Gasteiger partial charge in [-0.15, -0.1) is 0 Å². The SMILES string of the molecule is CCCCCCCCC=CCCCCCCCCCCCCCC(=O)N[C@@H](CO[C@@H]1O[C@H](CO)[C@@H](O[C@@H]2O[C@H](CO)[C@H](O[C@@H]3O[C@H](CO)[C@H](O)[C@H](O[C@@H]4O[C@H](CO)[C@H](O)[C@H](O[C@]5(C(=O)O)C[C@H](O)[C@@H](NC(C)=O)C([C@H](O)[C@H](O)CO)O5)[C@H]4O)[C@H]3CC(C)=O)[C@H](O[C@]3(C(=O)O)C[C@H](O)[C@@H](NC(C)=O)C([C@H](O)[C@H](O)CO)O3)[C@H]2O)[C@H](O)[C@H]1O)[C@H](O)C=CCCCCCCCCCCCCC. The molecule has 42 nitrogen and oxygen atoms in total. The van der Waals surface area contributed by atoms with Crippen LogP contribution in [-0.4, -0.2) is 390 Å². The normalized spacial score (nSPS) is 34.2. The number of Topliss-reactive ketones (excluding diaryl/α,β-unsaturated/α-hetero) is 1. The number of ether oxygens (including phenoxy) is 12. The van der Waals surface area contributed by atoms with Gasteiger partial charge in [0.2, 0.25) is 17.7 Å². The zero-order valence-corrected chi connectivity index (χ0v) is 77.7. The van der Waals surface area contributed by atoms with E-state index in [1.54, 1.807) is 6.08 Å². The molecule has 3 amide bonds. The minimum absolute atomic E-state index is 0.0940. The lowest BCUT2D eigenvalue weighted by molar-refractivity contribution is -0.408. The molecule has 34 atom stereocenters. The summed E-state index contributed by atoms with van der Waals surface area (Å²) in [5, 5.41) is 245. The van der Waals surface area contributed by atoms with E-state index < -0.39 is 308 Å². The van der Waals surface area contributed by atoms with Crippen LogP contribution in [0.15, 0.2) is 24.3 Å². The standard InChI is InChI=1S/C91H159N3O39/c1-6-8-10-12-14-16-18-20-21-22-23-24-25-26-27-29-31-33-35-37-39-41-66(109)94-56(57(104)40-38-36-34-32-30-28-19-17-15-13-11-9-7-2)51-122-85-74(115)73(114)78(64(49-99)125-85)128-87-76(117)83(133-91(89(120)121)44-59(106)68(93-54(5)103)81(131-91)70(111)61(108)46-96)79(65(50-100)126-87)129-84-55(42-52(3)101)77(71(112)62(47-97)123-84)127-86-75(116)82(72(113)63(48-98)124-86)132-90(88(118)119)43-58(105)67(92-53(4)102)80(130-90)69(110)60(107)45-95/h20-21,38,40,55-65,67-87,95-100,104-108,110-117H,6-19,22-37,39,41-51H2,1-5H3,(H,92,102)(H,93,103)(H,94,109)(H,118,119)(H,120,121)/t55-,56+,57-,58+,59+,60-,61-,62-,63-,64-,65-,67-,68-,69-,70-,71+,72+,73-,74-,75-,76-,77-,78-,79+,80?,81?,82+,83-,84+,85-,86+,87+,90+,91+/m1/s1. The number of rotatable bonds is 65. The smallest absolute Gasteiger partial charge is 0.364 e. The lowest BCUT2D eigenvalue weighted by atomic mass is 9.86. The summed E-state index contributed by atoms with van der Waals surface area (Å²) in [6.45, 7) is -0.611. The molecule has 2 unspecified atom stereocenters. The number of amides is 3. The van der Waals surface area contributed by atoms with E-state index in [0.29, 0.717) is 12.8 Å². The Morgan fingerprint density at radius 2 is 0.782 bits per heavy atom. The Morgan fingerprint density at radius 3 is 1.20 bits per heavy atom. The number of hydrogen-bond donors (Lipinski definition) is 24. The average Bonchev–Trinajstić information content (AvgIpc) is 0.752. The van der Waals surface area contributed by atoms with Gasteiger partial charge in [0.05, 0.1) is 88.8 Å². The first-order valence-corrected chi connectivity index (χ1v) is 48.1. The lowest BCUT2D eigenvalue weighted by Gasteiger charge is -2.53. The van der Waals surface area contributed by atoms with Gasteiger partial charge < -0.3 is 185 Å². The van der Waals surface area contributed by atoms with Crippen molar-refractivity contribution in [2.24, 2.45) is 5.92 Å². The molecule has 0 bridgehead atoms. The Labute approximate surface area is 778 Å². The first-order valence-electron chi connectivity index (χ1n) is 48.1. The fourth-order valence-electron chi connectivity index (χ4n) is 17.9. The zero-order valence-electron chi connectivity index (χ0n) is 77.7. The molecular formula is C91H159N3O39. The highest BCUT2D eigenvalue weighted by atomic mass is 16.8. The molecule has 772 valence electrons. The molecule has 6 aliphatic rings. The average molecular weight is 1920 g/mol. The minimum atomic E-state index is -3.49. The summed E-state index contributed by atoms with van der Waals surface area (Å²) in [6.07, 6.45) is -23.0. The van der Waals surface area contributed by atoms with Crippen molar-refractivity contribution >= 4 is 35.4 Å². The van der Waals surface area contributed by atoms with Crippen LogP contribution in [0.1, 0.15) is 259 Å². The second kappa shape index (κ2) is 61.1. The van der Waals surface area contributed by atoms with Crippen LogP contribution in [0.25, 0.3) is 0 Å². The minimum Gasteiger partial charge on any atom is -0.477 e. The summed E-state index contributed by atoms with van der Waals surface area (Å²) in [6, 6.07) is -4.78. The van der Waals surface area contributed by atoms with Crippen molar-refractivity contribution in [1.29, 1.82) is 0 Å². The van der Waals surface area contributed by atoms with Crippen molar-refractivity contribution in [3.63, 3.8) is 0 Å². The van der Waals surface area contributed by atoms with Crippen molar-refractivity contribution in [1.82, 2.24) is 16.0 Å². The summed E-state index contributed by atoms with van der Waals surface area (Å²) >= 11 is 0. The molecule has 0 aliphatic carbocycles. The number of carbonyl (C=O) groups excluding carboxylic acids is 4. The summed E-state index contributed by atoms with van der Waals surface area (Å²) in [5.41, 5.74) is 0. The van der Waals surface area contributed by atoms with Gasteiger partial charge in [-0.05, 0) is 51.9 Å². The number of unbranched alkanes of at least 4 members (excludes halogenated alkanes) is 28. The number of nitrogens with one attached hydrogen (secondary N) is 3. The highest BCUT2D eigenvalue weighted by Crippen LogP contribution is 2.44. The van der Waals surface area contributed by atoms with Crippen LogP contribution in [-0.2, 0) is 85.6 Å². The molecule has 6 heterocycles. The Kier molecular flexibility index (Phi) is 53.7. The number of aliphatic hydroxyl groups is 19.